The molecule has 0 aromatic heterocycles. The highest BCUT2D eigenvalue weighted by Gasteiger charge is 2.12. The Bertz CT molecular complexity index is 468. The monoisotopic (exact) mass is 352 g/mol. The van der Waals surface area contributed by atoms with E-state index in [0.29, 0.717) is 12.5 Å². The van der Waals surface area contributed by atoms with Crippen molar-refractivity contribution in [2.45, 2.75) is 57.9 Å². The van der Waals surface area contributed by atoms with Crippen LogP contribution in [0, 0.1) is 6.92 Å². The van der Waals surface area contributed by atoms with Gasteiger partial charge in [0.15, 0.2) is 0 Å². The molecule has 4 heteroatoms. The van der Waals surface area contributed by atoms with Gasteiger partial charge < -0.3 is 10.6 Å². The highest BCUT2D eigenvalue weighted by molar-refractivity contribution is 9.10. The molecule has 1 fully saturated rings. The average molecular weight is 353 g/mol. The SMILES string of the molecule is Cc1ccc(NC(=O)CCNC2CCCCCC2)cc1Br. The van der Waals surface area contributed by atoms with E-state index in [2.05, 4.69) is 26.6 Å². The van der Waals surface area contributed by atoms with Crippen LogP contribution in [-0.2, 0) is 4.79 Å². The Hall–Kier alpha value is -0.870. The van der Waals surface area contributed by atoms with E-state index in [4.69, 9.17) is 0 Å². The molecular formula is C17H25BrN2O. The van der Waals surface area contributed by atoms with Crippen molar-refractivity contribution in [2.75, 3.05) is 11.9 Å². The fourth-order valence-electron chi connectivity index (χ4n) is 2.77. The minimum atomic E-state index is 0.0758. The quantitative estimate of drug-likeness (QED) is 0.771. The summed E-state index contributed by atoms with van der Waals surface area (Å²) in [6.07, 6.45) is 8.41. The molecule has 3 nitrogen and oxygen atoms in total. The van der Waals surface area contributed by atoms with E-state index in [1.165, 1.54) is 44.1 Å². The number of carbonyl (C=O) groups is 1. The van der Waals surface area contributed by atoms with Crippen molar-refractivity contribution >= 4 is 27.5 Å². The minimum absolute atomic E-state index is 0.0758. The maximum atomic E-state index is 12.0. The smallest absolute Gasteiger partial charge is 0.225 e. The van der Waals surface area contributed by atoms with Crippen molar-refractivity contribution in [3.8, 4) is 0 Å². The van der Waals surface area contributed by atoms with Crippen LogP contribution in [0.15, 0.2) is 22.7 Å². The van der Waals surface area contributed by atoms with Gasteiger partial charge in [-0.3, -0.25) is 4.79 Å². The van der Waals surface area contributed by atoms with E-state index in [1.54, 1.807) is 0 Å². The Morgan fingerprint density at radius 2 is 1.95 bits per heavy atom. The standard InChI is InChI=1S/C17H25BrN2O/c1-13-8-9-15(12-16(13)18)20-17(21)10-11-19-14-6-4-2-3-5-7-14/h8-9,12,14,19H,2-7,10-11H2,1H3,(H,20,21). The lowest BCUT2D eigenvalue weighted by Gasteiger charge is -2.16. The van der Waals surface area contributed by atoms with E-state index in [-0.39, 0.29) is 5.91 Å². The van der Waals surface area contributed by atoms with E-state index < -0.39 is 0 Å². The van der Waals surface area contributed by atoms with Crippen molar-refractivity contribution in [1.29, 1.82) is 0 Å². The molecule has 0 spiro atoms. The summed E-state index contributed by atoms with van der Waals surface area (Å²) in [5.74, 6) is 0.0758. The van der Waals surface area contributed by atoms with Crippen LogP contribution in [-0.4, -0.2) is 18.5 Å². The molecule has 0 aliphatic heterocycles. The zero-order chi connectivity index (χ0) is 15.1. The van der Waals surface area contributed by atoms with Gasteiger partial charge in [-0.05, 0) is 37.5 Å². The van der Waals surface area contributed by atoms with Crippen LogP contribution in [0.4, 0.5) is 5.69 Å². The second kappa shape index (κ2) is 8.54. The molecule has 1 aliphatic rings. The fourth-order valence-corrected chi connectivity index (χ4v) is 3.15. The fraction of sp³-hybridized carbons (Fsp3) is 0.588. The summed E-state index contributed by atoms with van der Waals surface area (Å²) in [5.41, 5.74) is 2.02. The first-order valence-corrected chi connectivity index (χ1v) is 8.74. The first kappa shape index (κ1) is 16.5. The molecule has 1 amide bonds. The van der Waals surface area contributed by atoms with E-state index in [9.17, 15) is 4.79 Å². The van der Waals surface area contributed by atoms with Crippen LogP contribution >= 0.6 is 15.9 Å². The predicted molar refractivity (Wildman–Crippen MR) is 91.6 cm³/mol. The van der Waals surface area contributed by atoms with Gasteiger partial charge in [0.05, 0.1) is 0 Å². The lowest BCUT2D eigenvalue weighted by molar-refractivity contribution is -0.116. The van der Waals surface area contributed by atoms with Gasteiger partial charge in [-0.2, -0.15) is 0 Å². The number of carbonyl (C=O) groups excluding carboxylic acids is 1. The van der Waals surface area contributed by atoms with Crippen molar-refractivity contribution in [3.05, 3.63) is 28.2 Å². The third-order valence-electron chi connectivity index (χ3n) is 4.10. The first-order valence-electron chi connectivity index (χ1n) is 7.94. The van der Waals surface area contributed by atoms with Gasteiger partial charge in [-0.25, -0.2) is 0 Å². The summed E-state index contributed by atoms with van der Waals surface area (Å²) in [5, 5.41) is 6.48. The van der Waals surface area contributed by atoms with Crippen LogP contribution in [0.5, 0.6) is 0 Å². The van der Waals surface area contributed by atoms with Crippen LogP contribution < -0.4 is 10.6 Å². The summed E-state index contributed by atoms with van der Waals surface area (Å²) in [6, 6.07) is 6.50. The number of hydrogen-bond acceptors (Lipinski definition) is 2. The molecular weight excluding hydrogens is 328 g/mol. The molecule has 2 rings (SSSR count). The highest BCUT2D eigenvalue weighted by atomic mass is 79.9. The molecule has 0 heterocycles. The van der Waals surface area contributed by atoms with Gasteiger partial charge in [0.25, 0.3) is 0 Å². The number of benzene rings is 1. The molecule has 116 valence electrons. The molecule has 0 atom stereocenters. The summed E-state index contributed by atoms with van der Waals surface area (Å²) in [4.78, 5) is 12.0. The van der Waals surface area contributed by atoms with Crippen molar-refractivity contribution in [2.24, 2.45) is 0 Å². The van der Waals surface area contributed by atoms with Crippen molar-refractivity contribution in [3.63, 3.8) is 0 Å². The number of rotatable bonds is 5. The molecule has 1 aromatic rings. The number of hydrogen-bond donors (Lipinski definition) is 2. The lowest BCUT2D eigenvalue weighted by atomic mass is 10.1. The van der Waals surface area contributed by atoms with Gasteiger partial charge in [-0.15, -0.1) is 0 Å². The Morgan fingerprint density at radius 1 is 1.24 bits per heavy atom. The lowest BCUT2D eigenvalue weighted by Crippen LogP contribution is -2.31. The number of anilines is 1. The molecule has 1 saturated carbocycles. The van der Waals surface area contributed by atoms with E-state index in [0.717, 1.165) is 16.7 Å². The Morgan fingerprint density at radius 3 is 2.62 bits per heavy atom. The van der Waals surface area contributed by atoms with E-state index in [1.807, 2.05) is 25.1 Å². The first-order chi connectivity index (χ1) is 10.1. The molecule has 21 heavy (non-hydrogen) atoms. The molecule has 2 N–H and O–H groups in total. The molecule has 0 saturated heterocycles. The highest BCUT2D eigenvalue weighted by Crippen LogP contribution is 2.20. The minimum Gasteiger partial charge on any atom is -0.326 e. The Kier molecular flexibility index (Phi) is 6.71. The zero-order valence-electron chi connectivity index (χ0n) is 12.8. The number of halogens is 1. The molecule has 0 radical (unpaired) electrons. The molecule has 1 aliphatic carbocycles. The topological polar surface area (TPSA) is 41.1 Å². The maximum Gasteiger partial charge on any atom is 0.225 e. The second-order valence-electron chi connectivity index (χ2n) is 5.90. The van der Waals surface area contributed by atoms with Gasteiger partial charge in [0.1, 0.15) is 0 Å². The van der Waals surface area contributed by atoms with Gasteiger partial charge in [-0.1, -0.05) is 47.7 Å². The summed E-state index contributed by atoms with van der Waals surface area (Å²) in [7, 11) is 0. The van der Waals surface area contributed by atoms with Gasteiger partial charge in [0, 0.05) is 29.2 Å². The van der Waals surface area contributed by atoms with Gasteiger partial charge in [0.2, 0.25) is 5.91 Å². The van der Waals surface area contributed by atoms with Crippen LogP contribution in [0.2, 0.25) is 0 Å². The van der Waals surface area contributed by atoms with Gasteiger partial charge >= 0.3 is 0 Å². The van der Waals surface area contributed by atoms with Crippen LogP contribution in [0.3, 0.4) is 0 Å². The predicted octanol–water partition coefficient (Wildman–Crippen LogP) is 4.40. The number of amides is 1. The third-order valence-corrected chi connectivity index (χ3v) is 4.95. The second-order valence-corrected chi connectivity index (χ2v) is 6.76. The summed E-state index contributed by atoms with van der Waals surface area (Å²) in [6.45, 7) is 2.80. The molecule has 1 aromatic carbocycles. The summed E-state index contributed by atoms with van der Waals surface area (Å²) >= 11 is 3.48. The molecule has 0 bridgehead atoms. The Balaban J connectivity index is 1.70. The van der Waals surface area contributed by atoms with Crippen LogP contribution in [0.25, 0.3) is 0 Å². The van der Waals surface area contributed by atoms with Crippen LogP contribution in [0.1, 0.15) is 50.5 Å². The summed E-state index contributed by atoms with van der Waals surface area (Å²) < 4.78 is 1.02. The largest absolute Gasteiger partial charge is 0.326 e. The van der Waals surface area contributed by atoms with Crippen molar-refractivity contribution < 1.29 is 4.79 Å². The number of aryl methyl sites for hydroxylation is 1. The normalized spacial score (nSPS) is 16.5. The maximum absolute atomic E-state index is 12.0. The average Bonchev–Trinajstić information content (AvgIpc) is 2.72. The Labute approximate surface area is 136 Å². The molecule has 0 unspecified atom stereocenters. The van der Waals surface area contributed by atoms with E-state index >= 15 is 0 Å². The van der Waals surface area contributed by atoms with Crippen molar-refractivity contribution in [1.82, 2.24) is 5.32 Å². The third kappa shape index (κ3) is 5.79. The zero-order valence-corrected chi connectivity index (χ0v) is 14.3. The number of nitrogens with one attached hydrogen (secondary N) is 2.